The fourth-order valence-electron chi connectivity index (χ4n) is 5.29. The number of nitrogens with one attached hydrogen (secondary N) is 1. The van der Waals surface area contributed by atoms with Crippen LogP contribution < -0.4 is 14.8 Å². The number of carboxylic acids is 1. The van der Waals surface area contributed by atoms with Crippen molar-refractivity contribution < 1.29 is 24.2 Å². The number of carbonyl (C=O) groups excluding carboxylic acids is 1. The van der Waals surface area contributed by atoms with Crippen LogP contribution in [-0.4, -0.2) is 35.2 Å². The first kappa shape index (κ1) is 32.8. The minimum atomic E-state index is -1.05. The number of rotatable bonds is 17. The number of anilines is 1. The number of carboxylic acid groups (broad SMARTS) is 1. The molecule has 0 radical (unpaired) electrons. The van der Waals surface area contributed by atoms with Crippen molar-refractivity contribution in [1.82, 2.24) is 4.98 Å². The molecular formula is C37H46N2O5. The molecule has 0 bridgehead atoms. The van der Waals surface area contributed by atoms with E-state index in [1.165, 1.54) is 24.8 Å². The molecule has 7 nitrogen and oxygen atoms in total. The zero-order valence-corrected chi connectivity index (χ0v) is 26.3. The first-order valence-electron chi connectivity index (χ1n) is 15.9. The van der Waals surface area contributed by atoms with Gasteiger partial charge in [0.25, 0.3) is 0 Å². The standard InChI is InChI=1S/C37H46N2O5/c1-4-37(5-2,36(41)42)25-34(40)38-31-14-9-11-29(24-31)18-21-33-27(3)15-22-35(39-33)43-23-7-6-10-28-16-19-32(20-17-28)44-26-30-12-8-13-30/h9,11,14-22,24,30H,4-8,10,12-13,23,25-26H2,1-3H3,(H,38,40)(H,41,42). The summed E-state index contributed by atoms with van der Waals surface area (Å²) in [5.74, 6) is 1.06. The molecule has 0 atom stereocenters. The van der Waals surface area contributed by atoms with E-state index in [2.05, 4.69) is 29.6 Å². The monoisotopic (exact) mass is 598 g/mol. The number of pyridine rings is 1. The van der Waals surface area contributed by atoms with Crippen LogP contribution in [0.3, 0.4) is 0 Å². The minimum Gasteiger partial charge on any atom is -0.493 e. The molecule has 1 fully saturated rings. The van der Waals surface area contributed by atoms with Crippen LogP contribution >= 0.6 is 0 Å². The lowest BCUT2D eigenvalue weighted by Gasteiger charge is -2.25. The van der Waals surface area contributed by atoms with E-state index in [0.29, 0.717) is 31.0 Å². The smallest absolute Gasteiger partial charge is 0.310 e. The first-order chi connectivity index (χ1) is 21.3. The molecule has 7 heteroatoms. The molecule has 0 unspecified atom stereocenters. The number of unbranched alkanes of at least 4 members (excludes halogenated alkanes) is 1. The quantitative estimate of drug-likeness (QED) is 0.152. The molecule has 44 heavy (non-hydrogen) atoms. The fraction of sp³-hybridized carbons (Fsp3) is 0.432. The summed E-state index contributed by atoms with van der Waals surface area (Å²) in [5, 5.41) is 12.5. The first-order valence-corrected chi connectivity index (χ1v) is 15.9. The Kier molecular flexibility index (Phi) is 12.0. The van der Waals surface area contributed by atoms with Crippen LogP contribution in [0.15, 0.2) is 60.7 Å². The molecule has 1 aliphatic carbocycles. The van der Waals surface area contributed by atoms with Crippen molar-refractivity contribution in [3.8, 4) is 11.6 Å². The average Bonchev–Trinajstić information content (AvgIpc) is 3.00. The van der Waals surface area contributed by atoms with Gasteiger partial charge in [-0.25, -0.2) is 4.98 Å². The summed E-state index contributed by atoms with van der Waals surface area (Å²) < 4.78 is 11.9. The topological polar surface area (TPSA) is 97.8 Å². The van der Waals surface area contributed by atoms with Gasteiger partial charge in [0.2, 0.25) is 11.8 Å². The molecule has 0 aliphatic heterocycles. The number of nitrogens with zero attached hydrogens (tertiary/aromatic N) is 1. The second-order valence-corrected chi connectivity index (χ2v) is 11.9. The highest BCUT2D eigenvalue weighted by Crippen LogP contribution is 2.31. The van der Waals surface area contributed by atoms with E-state index >= 15 is 0 Å². The zero-order valence-electron chi connectivity index (χ0n) is 26.3. The molecular weight excluding hydrogens is 552 g/mol. The molecule has 3 aromatic rings. The lowest BCUT2D eigenvalue weighted by atomic mass is 9.79. The van der Waals surface area contributed by atoms with Crippen LogP contribution in [0.25, 0.3) is 12.2 Å². The van der Waals surface area contributed by atoms with E-state index in [0.717, 1.165) is 54.4 Å². The number of benzene rings is 2. The zero-order chi connectivity index (χ0) is 31.4. The Labute approximate surface area is 261 Å². The van der Waals surface area contributed by atoms with E-state index in [1.807, 2.05) is 49.4 Å². The molecule has 1 saturated carbocycles. The fourth-order valence-corrected chi connectivity index (χ4v) is 5.29. The van der Waals surface area contributed by atoms with Crippen LogP contribution in [0.4, 0.5) is 5.69 Å². The minimum absolute atomic E-state index is 0.0614. The third-order valence-corrected chi connectivity index (χ3v) is 8.76. The van der Waals surface area contributed by atoms with Crippen molar-refractivity contribution in [3.05, 3.63) is 83.0 Å². The predicted molar refractivity (Wildman–Crippen MR) is 176 cm³/mol. The van der Waals surface area contributed by atoms with Crippen molar-refractivity contribution in [1.29, 1.82) is 0 Å². The number of hydrogen-bond acceptors (Lipinski definition) is 5. The van der Waals surface area contributed by atoms with Crippen LogP contribution in [0.2, 0.25) is 0 Å². The number of hydrogen-bond donors (Lipinski definition) is 2. The van der Waals surface area contributed by atoms with Gasteiger partial charge in [0, 0.05) is 18.2 Å². The highest BCUT2D eigenvalue weighted by molar-refractivity contribution is 5.94. The van der Waals surface area contributed by atoms with Crippen molar-refractivity contribution in [2.75, 3.05) is 18.5 Å². The third-order valence-electron chi connectivity index (χ3n) is 8.76. The number of amides is 1. The van der Waals surface area contributed by atoms with E-state index in [1.54, 1.807) is 19.9 Å². The van der Waals surface area contributed by atoms with Crippen molar-refractivity contribution in [2.45, 2.75) is 78.6 Å². The summed E-state index contributed by atoms with van der Waals surface area (Å²) in [6.07, 6.45) is 11.5. The van der Waals surface area contributed by atoms with Gasteiger partial charge in [0.05, 0.1) is 24.3 Å². The summed E-state index contributed by atoms with van der Waals surface area (Å²) in [6, 6.07) is 19.8. The van der Waals surface area contributed by atoms with Crippen molar-refractivity contribution >= 4 is 29.7 Å². The van der Waals surface area contributed by atoms with E-state index in [4.69, 9.17) is 14.5 Å². The Morgan fingerprint density at radius 1 is 1.00 bits per heavy atom. The molecule has 4 rings (SSSR count). The number of ether oxygens (including phenoxy) is 2. The Bertz CT molecular complexity index is 1410. The van der Waals surface area contributed by atoms with Crippen molar-refractivity contribution in [3.63, 3.8) is 0 Å². The largest absolute Gasteiger partial charge is 0.493 e. The van der Waals surface area contributed by atoms with Gasteiger partial charge < -0.3 is 19.9 Å². The molecule has 234 valence electrons. The van der Waals surface area contributed by atoms with Gasteiger partial charge >= 0.3 is 5.97 Å². The van der Waals surface area contributed by atoms with Gasteiger partial charge in [-0.1, -0.05) is 56.7 Å². The number of aromatic nitrogens is 1. The molecule has 2 aromatic carbocycles. The summed E-state index contributed by atoms with van der Waals surface area (Å²) >= 11 is 0. The highest BCUT2D eigenvalue weighted by Gasteiger charge is 2.37. The Hall–Kier alpha value is -4.13. The van der Waals surface area contributed by atoms with Crippen LogP contribution in [0.5, 0.6) is 11.6 Å². The SMILES string of the molecule is CCC(CC)(CC(=O)Nc1cccc(C=Cc2nc(OCCCCc3ccc(OCC4CCC4)cc3)ccc2C)c1)C(=O)O. The molecule has 1 aromatic heterocycles. The average molecular weight is 599 g/mol. The Morgan fingerprint density at radius 2 is 1.77 bits per heavy atom. The molecule has 1 amide bonds. The third kappa shape index (κ3) is 9.43. The second-order valence-electron chi connectivity index (χ2n) is 11.9. The summed E-state index contributed by atoms with van der Waals surface area (Å²) in [7, 11) is 0. The molecule has 0 saturated heterocycles. The number of aliphatic carboxylic acids is 1. The maximum Gasteiger partial charge on any atom is 0.310 e. The van der Waals surface area contributed by atoms with Gasteiger partial charge in [-0.3, -0.25) is 9.59 Å². The predicted octanol–water partition coefficient (Wildman–Crippen LogP) is 8.36. The Morgan fingerprint density at radius 3 is 2.45 bits per heavy atom. The molecule has 1 heterocycles. The lowest BCUT2D eigenvalue weighted by Crippen LogP contribution is -2.34. The lowest BCUT2D eigenvalue weighted by molar-refractivity contribution is -0.151. The molecule has 2 N–H and O–H groups in total. The molecule has 1 aliphatic rings. The van der Waals surface area contributed by atoms with Crippen molar-refractivity contribution in [2.24, 2.45) is 11.3 Å². The van der Waals surface area contributed by atoms with Gasteiger partial charge in [-0.05, 0) is 105 Å². The van der Waals surface area contributed by atoms with Crippen LogP contribution in [-0.2, 0) is 16.0 Å². The van der Waals surface area contributed by atoms with Gasteiger partial charge in [-0.15, -0.1) is 0 Å². The van der Waals surface area contributed by atoms with E-state index < -0.39 is 11.4 Å². The second kappa shape index (κ2) is 16.1. The normalized spacial score (nSPS) is 13.4. The van der Waals surface area contributed by atoms with Gasteiger partial charge in [0.15, 0.2) is 0 Å². The maximum atomic E-state index is 12.7. The maximum absolute atomic E-state index is 12.7. The van der Waals surface area contributed by atoms with E-state index in [-0.39, 0.29) is 12.3 Å². The summed E-state index contributed by atoms with van der Waals surface area (Å²) in [6.45, 7) is 7.06. The summed E-state index contributed by atoms with van der Waals surface area (Å²) in [5.41, 5.74) is 3.62. The summed E-state index contributed by atoms with van der Waals surface area (Å²) in [4.78, 5) is 29.1. The Balaban J connectivity index is 1.23. The van der Waals surface area contributed by atoms with Crippen LogP contribution in [0.1, 0.15) is 87.6 Å². The van der Waals surface area contributed by atoms with Gasteiger partial charge in [-0.2, -0.15) is 0 Å². The van der Waals surface area contributed by atoms with Gasteiger partial charge in [0.1, 0.15) is 5.75 Å². The highest BCUT2D eigenvalue weighted by atomic mass is 16.5. The van der Waals surface area contributed by atoms with E-state index in [9.17, 15) is 14.7 Å². The number of aryl methyl sites for hydroxylation is 2. The molecule has 0 spiro atoms. The van der Waals surface area contributed by atoms with Crippen LogP contribution in [0, 0.1) is 18.3 Å². The number of carbonyl (C=O) groups is 2.